The average molecular weight is 440 g/mol. The summed E-state index contributed by atoms with van der Waals surface area (Å²) in [5, 5.41) is 13.5. The molecular weight excluding hydrogens is 406 g/mol. The zero-order valence-corrected chi connectivity index (χ0v) is 18.8. The molecule has 7 nitrogen and oxygen atoms in total. The van der Waals surface area contributed by atoms with Crippen LogP contribution in [0.15, 0.2) is 23.0 Å². The fraction of sp³-hybridized carbons (Fsp3) is 0.640. The second-order valence-corrected chi connectivity index (χ2v) is 9.86. The Labute approximate surface area is 188 Å². The van der Waals surface area contributed by atoms with Crippen LogP contribution in [0.2, 0.25) is 0 Å². The van der Waals surface area contributed by atoms with Crippen molar-refractivity contribution in [3.63, 3.8) is 0 Å². The first-order chi connectivity index (χ1) is 15.5. The molecule has 2 amide bonds. The lowest BCUT2D eigenvalue weighted by molar-refractivity contribution is -0.134. The molecule has 2 aliphatic carbocycles. The number of hydrogen-bond acceptors (Lipinski definition) is 4. The van der Waals surface area contributed by atoms with E-state index in [1.807, 2.05) is 12.1 Å². The summed E-state index contributed by atoms with van der Waals surface area (Å²) < 4.78 is 1.76. The smallest absolute Gasteiger partial charge is 0.258 e. The van der Waals surface area contributed by atoms with Gasteiger partial charge in [0.05, 0.1) is 18.0 Å². The molecular formula is C25H33N3O4. The molecule has 0 unspecified atom stereocenters. The van der Waals surface area contributed by atoms with Crippen molar-refractivity contribution < 1.29 is 14.7 Å². The second kappa shape index (κ2) is 8.50. The predicted octanol–water partition coefficient (Wildman–Crippen LogP) is 2.37. The van der Waals surface area contributed by atoms with Crippen molar-refractivity contribution in [1.82, 2.24) is 14.8 Å². The minimum Gasteiger partial charge on any atom is -0.396 e. The number of aliphatic hydroxyl groups excluding tert-OH is 1. The van der Waals surface area contributed by atoms with Crippen LogP contribution in [0.3, 0.4) is 0 Å². The summed E-state index contributed by atoms with van der Waals surface area (Å²) in [4.78, 5) is 41.4. The number of allylic oxidation sites excluding steroid dienone is 2. The standard InChI is InChI=1S/C25H33N3O4/c1-15(30)28-21-13-27-20(12-11-18(25(27)32)16-7-5-6-8-16)23(28)22(19(21)14-29)24(31)26-17-9-3-2-4-10-17/h7,11-12,17,19,21-23,29H,2-6,8-10,13-14H2,1H3,(H,26,31)/t19-,21-,22+,23+/m0/s1. The largest absolute Gasteiger partial charge is 0.396 e. The summed E-state index contributed by atoms with van der Waals surface area (Å²) in [6.07, 6.45) is 10.5. The minimum absolute atomic E-state index is 0.0427. The maximum atomic E-state index is 13.5. The third kappa shape index (κ3) is 3.41. The van der Waals surface area contributed by atoms with Gasteiger partial charge in [-0.05, 0) is 49.8 Å². The number of fused-ring (bicyclic) bond motifs is 4. The zero-order chi connectivity index (χ0) is 22.4. The molecule has 0 aromatic carbocycles. The molecule has 0 spiro atoms. The third-order valence-corrected chi connectivity index (χ3v) is 8.05. The van der Waals surface area contributed by atoms with Crippen LogP contribution in [0, 0.1) is 11.8 Å². The molecule has 1 aromatic heterocycles. The van der Waals surface area contributed by atoms with Crippen molar-refractivity contribution in [2.45, 2.75) is 83.0 Å². The van der Waals surface area contributed by atoms with E-state index < -0.39 is 12.0 Å². The molecule has 2 aliphatic heterocycles. The Kier molecular flexibility index (Phi) is 5.70. The lowest BCUT2D eigenvalue weighted by Crippen LogP contribution is -2.48. The Morgan fingerprint density at radius 1 is 1.16 bits per heavy atom. The Morgan fingerprint density at radius 2 is 1.94 bits per heavy atom. The molecule has 5 rings (SSSR count). The quantitative estimate of drug-likeness (QED) is 0.754. The van der Waals surface area contributed by atoms with Gasteiger partial charge in [0.15, 0.2) is 0 Å². The molecule has 4 aliphatic rings. The topological polar surface area (TPSA) is 91.6 Å². The van der Waals surface area contributed by atoms with Gasteiger partial charge in [-0.25, -0.2) is 0 Å². The molecule has 1 saturated carbocycles. The number of pyridine rings is 1. The normalized spacial score (nSPS) is 29.6. The van der Waals surface area contributed by atoms with Crippen molar-refractivity contribution in [2.75, 3.05) is 6.61 Å². The first kappa shape index (κ1) is 21.4. The number of aliphatic hydroxyl groups is 1. The van der Waals surface area contributed by atoms with Crippen LogP contribution in [0.5, 0.6) is 0 Å². The van der Waals surface area contributed by atoms with Gasteiger partial charge in [-0.1, -0.05) is 25.3 Å². The number of hydrogen-bond donors (Lipinski definition) is 2. The third-order valence-electron chi connectivity index (χ3n) is 8.05. The van der Waals surface area contributed by atoms with E-state index in [1.54, 1.807) is 9.47 Å². The van der Waals surface area contributed by atoms with E-state index in [4.69, 9.17) is 0 Å². The molecule has 1 saturated heterocycles. The highest BCUT2D eigenvalue weighted by Crippen LogP contribution is 2.48. The number of amides is 2. The number of nitrogens with one attached hydrogen (secondary N) is 1. The number of carbonyl (C=O) groups is 2. The highest BCUT2D eigenvalue weighted by Gasteiger charge is 2.57. The SMILES string of the molecule is CC(=O)N1[C@@H]2c3ccc(C4=CCCC4)c(=O)n3C[C@H]1[C@H](CO)[C@H]2C(=O)NC1CCCCC1. The summed E-state index contributed by atoms with van der Waals surface area (Å²) in [7, 11) is 0. The molecule has 172 valence electrons. The Bertz CT molecular complexity index is 1010. The molecule has 4 atom stereocenters. The summed E-state index contributed by atoms with van der Waals surface area (Å²) in [6.45, 7) is 1.65. The molecule has 1 aromatic rings. The Balaban J connectivity index is 1.54. The molecule has 7 heteroatoms. The van der Waals surface area contributed by atoms with Gasteiger partial charge in [0.1, 0.15) is 0 Å². The molecule has 3 heterocycles. The fourth-order valence-corrected chi connectivity index (χ4v) is 6.54. The van der Waals surface area contributed by atoms with Crippen molar-refractivity contribution in [3.05, 3.63) is 39.8 Å². The van der Waals surface area contributed by atoms with Crippen LogP contribution in [0.25, 0.3) is 5.57 Å². The van der Waals surface area contributed by atoms with E-state index in [0.717, 1.165) is 56.1 Å². The van der Waals surface area contributed by atoms with Crippen LogP contribution in [0.1, 0.15) is 75.6 Å². The van der Waals surface area contributed by atoms with Gasteiger partial charge in [-0.2, -0.15) is 0 Å². The maximum Gasteiger partial charge on any atom is 0.258 e. The van der Waals surface area contributed by atoms with Gasteiger partial charge < -0.3 is 19.9 Å². The molecule has 2 fully saturated rings. The van der Waals surface area contributed by atoms with Crippen molar-refractivity contribution in [2.24, 2.45) is 11.8 Å². The van der Waals surface area contributed by atoms with Gasteiger partial charge in [0.2, 0.25) is 11.8 Å². The minimum atomic E-state index is -0.555. The van der Waals surface area contributed by atoms with Gasteiger partial charge in [-0.3, -0.25) is 14.4 Å². The number of rotatable bonds is 4. The lowest BCUT2D eigenvalue weighted by atomic mass is 9.85. The van der Waals surface area contributed by atoms with E-state index in [0.29, 0.717) is 12.2 Å². The fourth-order valence-electron chi connectivity index (χ4n) is 6.54. The average Bonchev–Trinajstić information content (AvgIpc) is 3.39. The van der Waals surface area contributed by atoms with E-state index in [1.165, 1.54) is 13.3 Å². The zero-order valence-electron chi connectivity index (χ0n) is 18.8. The first-order valence-corrected chi connectivity index (χ1v) is 12.1. The van der Waals surface area contributed by atoms with Gasteiger partial charge in [0, 0.05) is 43.3 Å². The summed E-state index contributed by atoms with van der Waals surface area (Å²) in [6, 6.07) is 3.06. The van der Waals surface area contributed by atoms with Gasteiger partial charge >= 0.3 is 0 Å². The predicted molar refractivity (Wildman–Crippen MR) is 121 cm³/mol. The van der Waals surface area contributed by atoms with E-state index >= 15 is 0 Å². The first-order valence-electron chi connectivity index (χ1n) is 12.1. The van der Waals surface area contributed by atoms with Crippen LogP contribution in [-0.2, 0) is 16.1 Å². The molecule has 32 heavy (non-hydrogen) atoms. The van der Waals surface area contributed by atoms with Crippen molar-refractivity contribution >= 4 is 17.4 Å². The maximum absolute atomic E-state index is 13.5. The number of aromatic nitrogens is 1. The monoisotopic (exact) mass is 439 g/mol. The Morgan fingerprint density at radius 3 is 2.59 bits per heavy atom. The van der Waals surface area contributed by atoms with Gasteiger partial charge in [-0.15, -0.1) is 0 Å². The van der Waals surface area contributed by atoms with Crippen LogP contribution in [0.4, 0.5) is 0 Å². The summed E-state index contributed by atoms with van der Waals surface area (Å²) in [5.74, 6) is -1.16. The summed E-state index contributed by atoms with van der Waals surface area (Å²) >= 11 is 0. The van der Waals surface area contributed by atoms with E-state index in [2.05, 4.69) is 11.4 Å². The number of nitrogens with zero attached hydrogens (tertiary/aromatic N) is 2. The lowest BCUT2D eigenvalue weighted by Gasteiger charge is -2.38. The molecule has 2 bridgehead atoms. The van der Waals surface area contributed by atoms with E-state index in [-0.39, 0.29) is 42.0 Å². The van der Waals surface area contributed by atoms with Crippen molar-refractivity contribution in [1.29, 1.82) is 0 Å². The van der Waals surface area contributed by atoms with Crippen LogP contribution < -0.4 is 10.9 Å². The molecule has 2 N–H and O–H groups in total. The van der Waals surface area contributed by atoms with Crippen LogP contribution >= 0.6 is 0 Å². The number of carbonyl (C=O) groups excluding carboxylic acids is 2. The summed E-state index contributed by atoms with van der Waals surface area (Å²) in [5.41, 5.74) is 2.49. The van der Waals surface area contributed by atoms with E-state index in [9.17, 15) is 19.5 Å². The molecule has 0 radical (unpaired) electrons. The van der Waals surface area contributed by atoms with Crippen molar-refractivity contribution in [3.8, 4) is 0 Å². The highest BCUT2D eigenvalue weighted by atomic mass is 16.3. The highest BCUT2D eigenvalue weighted by molar-refractivity contribution is 5.84. The second-order valence-electron chi connectivity index (χ2n) is 9.86. The van der Waals surface area contributed by atoms with Crippen LogP contribution in [-0.4, -0.2) is 45.1 Å². The van der Waals surface area contributed by atoms with Gasteiger partial charge in [0.25, 0.3) is 5.56 Å². The Hall–Kier alpha value is -2.41.